The van der Waals surface area contributed by atoms with Crippen LogP contribution in [0.2, 0.25) is 0 Å². The molecule has 0 unspecified atom stereocenters. The Labute approximate surface area is 346 Å². The summed E-state index contributed by atoms with van der Waals surface area (Å²) in [6, 6.07) is 36.5. The van der Waals surface area contributed by atoms with Crippen LogP contribution in [0.4, 0.5) is 0 Å². The van der Waals surface area contributed by atoms with Gasteiger partial charge >= 0.3 is 0 Å². The molecule has 6 aromatic carbocycles. The predicted octanol–water partition coefficient (Wildman–Crippen LogP) is 12.1. The minimum absolute atomic E-state index is 0.310. The van der Waals surface area contributed by atoms with E-state index in [0.29, 0.717) is 87.8 Å². The van der Waals surface area contributed by atoms with Crippen LogP contribution in [0.25, 0.3) is 66.3 Å². The maximum absolute atomic E-state index is 7.21. The van der Waals surface area contributed by atoms with Crippen LogP contribution in [0.3, 0.4) is 0 Å². The zero-order valence-electron chi connectivity index (χ0n) is 34.2. The zero-order valence-corrected chi connectivity index (χ0v) is 34.2. The summed E-state index contributed by atoms with van der Waals surface area (Å²) < 4.78 is 58.6. The number of benzene rings is 6. The number of rotatable bonds is 9. The molecule has 9 aromatic rings. The second-order valence-corrected chi connectivity index (χ2v) is 14.7. The highest BCUT2D eigenvalue weighted by Crippen LogP contribution is 2.53. The van der Waals surface area contributed by atoms with Gasteiger partial charge in [0.05, 0.1) is 58.8 Å². The molecule has 0 radical (unpaired) electrons. The van der Waals surface area contributed by atoms with Crippen molar-refractivity contribution in [2.24, 2.45) is 0 Å². The summed E-state index contributed by atoms with van der Waals surface area (Å²) in [5.41, 5.74) is 9.81. The molecule has 9 heteroatoms. The maximum atomic E-state index is 7.21. The first kappa shape index (κ1) is 37.0. The lowest BCUT2D eigenvalue weighted by Gasteiger charge is -2.14. The number of ether oxygens (including phenoxy) is 6. The molecule has 4 heterocycles. The molecule has 0 spiro atoms. The normalized spacial score (nSPS) is 12.3. The Morgan fingerprint density at radius 2 is 0.583 bits per heavy atom. The molecule has 0 saturated heterocycles. The van der Waals surface area contributed by atoms with Crippen LogP contribution in [-0.4, -0.2) is 42.7 Å². The van der Waals surface area contributed by atoms with Gasteiger partial charge in [-0.25, -0.2) is 0 Å². The number of hydrogen-bond acceptors (Lipinski definition) is 9. The molecule has 0 atom stereocenters. The van der Waals surface area contributed by atoms with Gasteiger partial charge < -0.3 is 41.7 Å². The molecule has 0 N–H and O–H groups in total. The van der Waals surface area contributed by atoms with E-state index in [1.165, 1.54) is 0 Å². The minimum atomic E-state index is 0.310. The van der Waals surface area contributed by atoms with Crippen molar-refractivity contribution in [2.45, 2.75) is 19.3 Å². The predicted molar refractivity (Wildman–Crippen MR) is 233 cm³/mol. The first-order valence-corrected chi connectivity index (χ1v) is 19.7. The van der Waals surface area contributed by atoms with Crippen LogP contribution < -0.4 is 28.4 Å². The largest absolute Gasteiger partial charge is 0.496 e. The number of fused-ring (bicyclic) bond motifs is 3. The average molecular weight is 799 g/mol. The van der Waals surface area contributed by atoms with Crippen molar-refractivity contribution in [2.75, 3.05) is 42.7 Å². The molecule has 1 aliphatic heterocycles. The van der Waals surface area contributed by atoms with Crippen molar-refractivity contribution < 1.29 is 41.7 Å². The number of furan rings is 3. The lowest BCUT2D eigenvalue weighted by molar-refractivity contribution is 0.391. The van der Waals surface area contributed by atoms with Crippen LogP contribution >= 0.6 is 0 Å². The molecule has 1 aliphatic rings. The highest BCUT2D eigenvalue weighted by atomic mass is 16.5. The van der Waals surface area contributed by atoms with Gasteiger partial charge in [-0.1, -0.05) is 91.0 Å². The van der Waals surface area contributed by atoms with Gasteiger partial charge in [0.25, 0.3) is 0 Å². The molecule has 60 heavy (non-hydrogen) atoms. The van der Waals surface area contributed by atoms with Crippen molar-refractivity contribution in [1.82, 2.24) is 0 Å². The number of hydrogen-bond donors (Lipinski definition) is 0. The smallest absolute Gasteiger partial charge is 0.146 e. The van der Waals surface area contributed by atoms with Crippen molar-refractivity contribution in [3.63, 3.8) is 0 Å². The number of methoxy groups -OCH3 is 6. The van der Waals surface area contributed by atoms with Crippen LogP contribution in [0.5, 0.6) is 34.5 Å². The van der Waals surface area contributed by atoms with Crippen molar-refractivity contribution in [1.29, 1.82) is 0 Å². The fourth-order valence-electron chi connectivity index (χ4n) is 9.07. The first-order valence-electron chi connectivity index (χ1n) is 19.7. The Bertz CT molecular complexity index is 2730. The summed E-state index contributed by atoms with van der Waals surface area (Å²) in [6.45, 7) is 0. The van der Waals surface area contributed by atoms with Crippen LogP contribution in [0.15, 0.2) is 122 Å². The van der Waals surface area contributed by atoms with Gasteiger partial charge in [-0.3, -0.25) is 0 Å². The maximum Gasteiger partial charge on any atom is 0.146 e. The van der Waals surface area contributed by atoms with Crippen LogP contribution in [-0.2, 0) is 19.3 Å². The Morgan fingerprint density at radius 3 is 0.817 bits per heavy atom. The topological polar surface area (TPSA) is 94.8 Å². The molecular formula is C51H42O9. The zero-order chi connectivity index (χ0) is 41.1. The highest BCUT2D eigenvalue weighted by Gasteiger charge is 2.33. The molecular weight excluding hydrogens is 757 g/mol. The second-order valence-electron chi connectivity index (χ2n) is 14.7. The van der Waals surface area contributed by atoms with Crippen molar-refractivity contribution in [3.05, 3.63) is 143 Å². The lowest BCUT2D eigenvalue weighted by Crippen LogP contribution is -1.98. The van der Waals surface area contributed by atoms with E-state index in [9.17, 15) is 0 Å². The second kappa shape index (κ2) is 14.8. The van der Waals surface area contributed by atoms with Gasteiger partial charge in [0, 0.05) is 70.8 Å². The summed E-state index contributed by atoms with van der Waals surface area (Å²) in [7, 11) is 9.99. The third kappa shape index (κ3) is 5.67. The fourth-order valence-corrected chi connectivity index (χ4v) is 9.07. The molecule has 0 saturated carbocycles. The summed E-state index contributed by atoms with van der Waals surface area (Å²) in [6.07, 6.45) is 0.930. The van der Waals surface area contributed by atoms with E-state index in [2.05, 4.69) is 36.4 Å². The third-order valence-electron chi connectivity index (χ3n) is 11.7. The van der Waals surface area contributed by atoms with Crippen molar-refractivity contribution in [3.8, 4) is 67.9 Å². The molecule has 0 amide bonds. The van der Waals surface area contributed by atoms with E-state index < -0.39 is 0 Å². The minimum Gasteiger partial charge on any atom is -0.496 e. The Hall–Kier alpha value is -7.26. The van der Waals surface area contributed by atoms with Crippen molar-refractivity contribution >= 4 is 32.9 Å². The Morgan fingerprint density at radius 1 is 0.333 bits per heavy atom. The van der Waals surface area contributed by atoms with Gasteiger partial charge in [0.1, 0.15) is 68.5 Å². The SMILES string of the molecule is COc1cc(OC)c2c(-c3ccccc3)c3oc2c1Cc1oc2c(c(OC)cc(OC)c2c1-c1ccccc1)Cc1oc2c(c(OC)cc(OC)c2c1-c1ccccc1)C3. The average Bonchev–Trinajstić information content (AvgIpc) is 3.99. The quantitative estimate of drug-likeness (QED) is 0.141. The summed E-state index contributed by atoms with van der Waals surface area (Å²) in [4.78, 5) is 0. The fraction of sp³-hybridized carbons (Fsp3) is 0.176. The van der Waals surface area contributed by atoms with E-state index in [1.807, 2.05) is 72.8 Å². The van der Waals surface area contributed by atoms with E-state index in [-0.39, 0.29) is 0 Å². The van der Waals surface area contributed by atoms with Crippen LogP contribution in [0.1, 0.15) is 34.0 Å². The monoisotopic (exact) mass is 798 g/mol. The first-order chi connectivity index (χ1) is 29.5. The van der Waals surface area contributed by atoms with Gasteiger partial charge in [-0.05, 0) is 16.7 Å². The molecule has 6 bridgehead atoms. The Kier molecular flexibility index (Phi) is 9.16. The van der Waals surface area contributed by atoms with Gasteiger partial charge in [-0.2, -0.15) is 0 Å². The van der Waals surface area contributed by atoms with Crippen LogP contribution in [0, 0.1) is 0 Å². The molecule has 9 nitrogen and oxygen atoms in total. The summed E-state index contributed by atoms with van der Waals surface area (Å²) >= 11 is 0. The molecule has 300 valence electrons. The Balaban J connectivity index is 1.43. The van der Waals surface area contributed by atoms with E-state index >= 15 is 0 Å². The van der Waals surface area contributed by atoms with E-state index in [0.717, 1.165) is 66.2 Å². The standard InChI is InChI=1S/C51H42O9/c1-52-34-25-37(55-4)46-44(29-18-12-8-13-19-29)41-23-32-35(53-2)27-39(57-6)48-45(30-20-14-9-15-21-30)42(60-51(32)48)24-33-36(54-3)26-38(56-5)47-43(28-16-10-7-11-17-28)40(59-50(33)47)22-31(34)49(46)58-41/h7-21,25-27H,22-24H2,1-6H3. The highest BCUT2D eigenvalue weighted by molar-refractivity contribution is 6.07. The molecule has 3 aromatic heterocycles. The van der Waals surface area contributed by atoms with Gasteiger partial charge in [0.2, 0.25) is 0 Å². The molecule has 0 aliphatic carbocycles. The molecule has 10 rings (SSSR count). The summed E-state index contributed by atoms with van der Waals surface area (Å²) in [5, 5.41) is 2.44. The van der Waals surface area contributed by atoms with Gasteiger partial charge in [-0.15, -0.1) is 0 Å². The lowest BCUT2D eigenvalue weighted by atomic mass is 9.92. The van der Waals surface area contributed by atoms with E-state index in [1.54, 1.807) is 42.7 Å². The molecule has 0 fully saturated rings. The van der Waals surface area contributed by atoms with E-state index in [4.69, 9.17) is 41.7 Å². The summed E-state index contributed by atoms with van der Waals surface area (Å²) in [5.74, 6) is 5.71. The third-order valence-corrected chi connectivity index (χ3v) is 11.7. The van der Waals surface area contributed by atoms with Gasteiger partial charge in [0.15, 0.2) is 0 Å².